The third kappa shape index (κ3) is 3.62. The molecule has 6 heteroatoms. The van der Waals surface area contributed by atoms with E-state index in [0.717, 1.165) is 0 Å². The van der Waals surface area contributed by atoms with E-state index < -0.39 is 11.4 Å². The van der Waals surface area contributed by atoms with Gasteiger partial charge in [0, 0.05) is 26.7 Å². The molecule has 116 valence electrons. The topological polar surface area (TPSA) is 70.1 Å². The minimum Gasteiger partial charge on any atom is -0.481 e. The number of carboxylic acids is 1. The molecule has 20 heavy (non-hydrogen) atoms. The smallest absolute Gasteiger partial charge is 0.320 e. The SMILES string of the molecule is CCN(C(=O)N1CCC(C)(C(=O)O)CC1)C(C)COC. The van der Waals surface area contributed by atoms with Gasteiger partial charge in [0.15, 0.2) is 0 Å². The monoisotopic (exact) mass is 286 g/mol. The highest BCUT2D eigenvalue weighted by atomic mass is 16.5. The highest BCUT2D eigenvalue weighted by molar-refractivity contribution is 5.77. The van der Waals surface area contributed by atoms with Crippen molar-refractivity contribution in [1.29, 1.82) is 0 Å². The van der Waals surface area contributed by atoms with Gasteiger partial charge in [-0.05, 0) is 33.6 Å². The third-order valence-corrected chi connectivity index (χ3v) is 4.18. The van der Waals surface area contributed by atoms with Gasteiger partial charge >= 0.3 is 12.0 Å². The molecule has 1 rings (SSSR count). The number of carboxylic acid groups (broad SMARTS) is 1. The van der Waals surface area contributed by atoms with Crippen LogP contribution in [0.25, 0.3) is 0 Å². The van der Waals surface area contributed by atoms with Gasteiger partial charge in [0.1, 0.15) is 0 Å². The van der Waals surface area contributed by atoms with Gasteiger partial charge in [-0.25, -0.2) is 4.79 Å². The van der Waals surface area contributed by atoms with Crippen LogP contribution in [0.1, 0.15) is 33.6 Å². The normalized spacial score (nSPS) is 19.5. The van der Waals surface area contributed by atoms with Gasteiger partial charge in [-0.1, -0.05) is 0 Å². The van der Waals surface area contributed by atoms with Crippen LogP contribution in [-0.4, -0.2) is 66.3 Å². The van der Waals surface area contributed by atoms with Gasteiger partial charge in [-0.15, -0.1) is 0 Å². The van der Waals surface area contributed by atoms with Crippen LogP contribution in [-0.2, 0) is 9.53 Å². The van der Waals surface area contributed by atoms with Crippen molar-refractivity contribution in [2.24, 2.45) is 5.41 Å². The number of carbonyl (C=O) groups is 2. The summed E-state index contributed by atoms with van der Waals surface area (Å²) in [5.41, 5.74) is -0.702. The number of hydrogen-bond donors (Lipinski definition) is 1. The van der Waals surface area contributed by atoms with Crippen molar-refractivity contribution in [3.8, 4) is 0 Å². The molecule has 6 nitrogen and oxygen atoms in total. The second kappa shape index (κ2) is 6.92. The Morgan fingerprint density at radius 2 is 1.95 bits per heavy atom. The first kappa shape index (κ1) is 16.8. The molecule has 1 atom stereocenters. The highest BCUT2D eigenvalue weighted by Gasteiger charge is 2.39. The summed E-state index contributed by atoms with van der Waals surface area (Å²) in [5, 5.41) is 9.21. The number of aliphatic carboxylic acids is 1. The maximum atomic E-state index is 12.5. The number of carbonyl (C=O) groups excluding carboxylic acids is 1. The Morgan fingerprint density at radius 1 is 1.40 bits per heavy atom. The summed E-state index contributed by atoms with van der Waals surface area (Å²) in [6.07, 6.45) is 1.01. The molecule has 1 fully saturated rings. The molecule has 1 heterocycles. The third-order valence-electron chi connectivity index (χ3n) is 4.18. The van der Waals surface area contributed by atoms with E-state index >= 15 is 0 Å². The van der Waals surface area contributed by atoms with Gasteiger partial charge in [0.2, 0.25) is 0 Å². The Morgan fingerprint density at radius 3 is 2.35 bits per heavy atom. The molecule has 0 aliphatic carbocycles. The minimum atomic E-state index is -0.773. The van der Waals surface area contributed by atoms with Crippen LogP contribution in [0.2, 0.25) is 0 Å². The number of hydrogen-bond acceptors (Lipinski definition) is 3. The lowest BCUT2D eigenvalue weighted by atomic mass is 9.80. The van der Waals surface area contributed by atoms with Crippen LogP contribution in [0, 0.1) is 5.41 Å². The predicted octanol–water partition coefficient (Wildman–Crippen LogP) is 1.65. The Balaban J connectivity index is 2.63. The highest BCUT2D eigenvalue weighted by Crippen LogP contribution is 2.31. The van der Waals surface area contributed by atoms with E-state index in [9.17, 15) is 14.7 Å². The molecule has 0 bridgehead atoms. The summed E-state index contributed by atoms with van der Waals surface area (Å²) in [4.78, 5) is 27.2. The summed E-state index contributed by atoms with van der Waals surface area (Å²) < 4.78 is 5.10. The molecule has 0 spiro atoms. The summed E-state index contributed by atoms with van der Waals surface area (Å²) in [6, 6.07) is -0.00484. The summed E-state index contributed by atoms with van der Waals surface area (Å²) in [6.45, 7) is 7.76. The summed E-state index contributed by atoms with van der Waals surface area (Å²) >= 11 is 0. The van der Waals surface area contributed by atoms with Crippen molar-refractivity contribution in [3.05, 3.63) is 0 Å². The summed E-state index contributed by atoms with van der Waals surface area (Å²) in [5.74, 6) is -0.773. The van der Waals surface area contributed by atoms with E-state index in [1.165, 1.54) is 0 Å². The molecule has 2 amide bonds. The molecule has 1 saturated heterocycles. The Hall–Kier alpha value is -1.30. The average molecular weight is 286 g/mol. The number of nitrogens with zero attached hydrogens (tertiary/aromatic N) is 2. The lowest BCUT2D eigenvalue weighted by Gasteiger charge is -2.40. The average Bonchev–Trinajstić information content (AvgIpc) is 2.40. The van der Waals surface area contributed by atoms with Crippen molar-refractivity contribution < 1.29 is 19.4 Å². The van der Waals surface area contributed by atoms with Crippen molar-refractivity contribution in [2.75, 3.05) is 33.4 Å². The molecule has 1 aliphatic rings. The maximum absolute atomic E-state index is 12.5. The Labute approximate surface area is 120 Å². The zero-order valence-corrected chi connectivity index (χ0v) is 12.9. The van der Waals surface area contributed by atoms with Gasteiger partial charge in [-0.2, -0.15) is 0 Å². The van der Waals surface area contributed by atoms with Gasteiger partial charge in [0.25, 0.3) is 0 Å². The zero-order valence-electron chi connectivity index (χ0n) is 12.9. The van der Waals surface area contributed by atoms with Crippen molar-refractivity contribution in [3.63, 3.8) is 0 Å². The second-order valence-electron chi connectivity index (χ2n) is 5.73. The fourth-order valence-electron chi connectivity index (χ4n) is 2.55. The molecule has 1 N–H and O–H groups in total. The van der Waals surface area contributed by atoms with Crippen LogP contribution in [0.3, 0.4) is 0 Å². The molecule has 0 aromatic rings. The van der Waals surface area contributed by atoms with Crippen LogP contribution in [0.4, 0.5) is 4.79 Å². The Bertz CT molecular complexity index is 351. The van der Waals surface area contributed by atoms with E-state index in [-0.39, 0.29) is 12.1 Å². The molecule has 0 saturated carbocycles. The first-order valence-corrected chi connectivity index (χ1v) is 7.13. The number of methoxy groups -OCH3 is 1. The maximum Gasteiger partial charge on any atom is 0.320 e. The predicted molar refractivity (Wildman–Crippen MR) is 75.7 cm³/mol. The molecule has 0 aromatic heterocycles. The van der Waals surface area contributed by atoms with Gasteiger partial charge in [-0.3, -0.25) is 4.79 Å². The van der Waals surface area contributed by atoms with E-state index in [4.69, 9.17) is 4.74 Å². The van der Waals surface area contributed by atoms with E-state index in [2.05, 4.69) is 0 Å². The van der Waals surface area contributed by atoms with E-state index in [1.54, 1.807) is 23.8 Å². The number of rotatable bonds is 5. The minimum absolute atomic E-state index is 0.0188. The van der Waals surface area contributed by atoms with Crippen LogP contribution in [0.5, 0.6) is 0 Å². The molecular weight excluding hydrogens is 260 g/mol. The van der Waals surface area contributed by atoms with E-state index in [1.807, 2.05) is 13.8 Å². The Kier molecular flexibility index (Phi) is 5.80. The zero-order chi connectivity index (χ0) is 15.3. The lowest BCUT2D eigenvalue weighted by molar-refractivity contribution is -0.150. The first-order chi connectivity index (χ1) is 9.35. The van der Waals surface area contributed by atoms with Crippen LogP contribution >= 0.6 is 0 Å². The van der Waals surface area contributed by atoms with Gasteiger partial charge < -0.3 is 19.6 Å². The number of likely N-dealkylation sites (N-methyl/N-ethyl adjacent to an activating group) is 1. The molecule has 1 aliphatic heterocycles. The van der Waals surface area contributed by atoms with E-state index in [0.29, 0.717) is 39.1 Å². The standard InChI is InChI=1S/C14H26N2O4/c1-5-16(11(2)10-20-4)13(19)15-8-6-14(3,7-9-15)12(17)18/h11H,5-10H2,1-4H3,(H,17,18). The summed E-state index contributed by atoms with van der Waals surface area (Å²) in [7, 11) is 1.62. The molecule has 1 unspecified atom stereocenters. The number of likely N-dealkylation sites (tertiary alicyclic amines) is 1. The molecule has 0 radical (unpaired) electrons. The lowest BCUT2D eigenvalue weighted by Crippen LogP contribution is -2.52. The number of ether oxygens (including phenoxy) is 1. The van der Waals surface area contributed by atoms with Gasteiger partial charge in [0.05, 0.1) is 18.1 Å². The van der Waals surface area contributed by atoms with Crippen molar-refractivity contribution in [2.45, 2.75) is 39.7 Å². The van der Waals surface area contributed by atoms with Crippen molar-refractivity contribution >= 4 is 12.0 Å². The molecule has 0 aromatic carbocycles. The first-order valence-electron chi connectivity index (χ1n) is 7.13. The van der Waals surface area contributed by atoms with Crippen LogP contribution in [0.15, 0.2) is 0 Å². The van der Waals surface area contributed by atoms with Crippen molar-refractivity contribution in [1.82, 2.24) is 9.80 Å². The fourth-order valence-corrected chi connectivity index (χ4v) is 2.55. The molecular formula is C14H26N2O4. The number of amides is 2. The largest absolute Gasteiger partial charge is 0.481 e. The number of piperidine rings is 1. The second-order valence-corrected chi connectivity index (χ2v) is 5.73. The fraction of sp³-hybridized carbons (Fsp3) is 0.857. The van der Waals surface area contributed by atoms with Crippen LogP contribution < -0.4 is 0 Å². The number of urea groups is 1. The quantitative estimate of drug-likeness (QED) is 0.834.